The summed E-state index contributed by atoms with van der Waals surface area (Å²) in [5.41, 5.74) is 0.883. The van der Waals surface area contributed by atoms with Crippen LogP contribution in [-0.2, 0) is 0 Å². The number of benzene rings is 1. The van der Waals surface area contributed by atoms with Gasteiger partial charge >= 0.3 is 0 Å². The van der Waals surface area contributed by atoms with E-state index in [2.05, 4.69) is 9.97 Å². The van der Waals surface area contributed by atoms with Crippen LogP contribution < -0.4 is 5.56 Å². The number of hydrogen-bond acceptors (Lipinski definition) is 6. The summed E-state index contributed by atoms with van der Waals surface area (Å²) in [7, 11) is 0. The van der Waals surface area contributed by atoms with Crippen LogP contribution in [-0.4, -0.2) is 27.0 Å². The molecule has 124 valence electrons. The zero-order valence-corrected chi connectivity index (χ0v) is 15.3. The van der Waals surface area contributed by atoms with Crippen molar-refractivity contribution in [3.63, 3.8) is 0 Å². The van der Waals surface area contributed by atoms with Gasteiger partial charge in [0.1, 0.15) is 22.4 Å². The molecule has 0 aliphatic heterocycles. The summed E-state index contributed by atoms with van der Waals surface area (Å²) in [6.45, 7) is 0. The number of rotatable bonds is 4. The molecule has 0 N–H and O–H groups in total. The molecule has 3 rings (SSSR count). The van der Waals surface area contributed by atoms with Gasteiger partial charge in [-0.15, -0.1) is 23.5 Å². The number of hydrogen-bond donors (Lipinski definition) is 0. The van der Waals surface area contributed by atoms with E-state index in [4.69, 9.17) is 0 Å². The first-order valence-electron chi connectivity index (χ1n) is 7.36. The van der Waals surface area contributed by atoms with Gasteiger partial charge in [-0.1, -0.05) is 6.07 Å². The van der Waals surface area contributed by atoms with Crippen molar-refractivity contribution in [2.24, 2.45) is 0 Å². The van der Waals surface area contributed by atoms with Crippen LogP contribution in [0.1, 0.15) is 5.56 Å². The largest absolute Gasteiger partial charge is 0.277 e. The van der Waals surface area contributed by atoms with Crippen LogP contribution in [0.15, 0.2) is 63.4 Å². The highest BCUT2D eigenvalue weighted by Gasteiger charge is 2.19. The molecule has 5 nitrogen and oxygen atoms in total. The molecule has 0 unspecified atom stereocenters. The van der Waals surface area contributed by atoms with E-state index in [9.17, 15) is 10.1 Å². The SMILES string of the molecule is CSc1ccc(-n2c(-c3ccccn3)nc(SC)c(C#N)c2=O)cc1. The van der Waals surface area contributed by atoms with Crippen molar-refractivity contribution in [2.75, 3.05) is 12.5 Å². The summed E-state index contributed by atoms with van der Waals surface area (Å²) in [6, 6.07) is 15.0. The average molecular weight is 366 g/mol. The highest BCUT2D eigenvalue weighted by Crippen LogP contribution is 2.24. The standard InChI is InChI=1S/C18H14N4OS2/c1-24-13-8-6-12(7-9-13)22-16(15-5-3-4-10-20-15)21-17(25-2)14(11-19)18(22)23/h3-10H,1-2H3. The van der Waals surface area contributed by atoms with Crippen molar-refractivity contribution >= 4 is 23.5 Å². The molecule has 0 aliphatic rings. The third kappa shape index (κ3) is 3.31. The smallest absolute Gasteiger partial charge is 0.267 e. The second-order valence-electron chi connectivity index (χ2n) is 4.99. The maximum Gasteiger partial charge on any atom is 0.277 e. The molecule has 2 aromatic heterocycles. The van der Waals surface area contributed by atoms with E-state index < -0.39 is 0 Å². The summed E-state index contributed by atoms with van der Waals surface area (Å²) >= 11 is 2.90. The normalized spacial score (nSPS) is 10.4. The number of thioether (sulfide) groups is 2. The second kappa shape index (κ2) is 7.55. The average Bonchev–Trinajstić information content (AvgIpc) is 2.68. The van der Waals surface area contributed by atoms with Crippen LogP contribution in [0.2, 0.25) is 0 Å². The van der Waals surface area contributed by atoms with Gasteiger partial charge in [-0.05, 0) is 48.9 Å². The first-order valence-corrected chi connectivity index (χ1v) is 9.81. The van der Waals surface area contributed by atoms with Crippen LogP contribution in [0.4, 0.5) is 0 Å². The van der Waals surface area contributed by atoms with Crippen molar-refractivity contribution in [1.82, 2.24) is 14.5 Å². The lowest BCUT2D eigenvalue weighted by Gasteiger charge is -2.14. The molecule has 1 aromatic carbocycles. The van der Waals surface area contributed by atoms with E-state index >= 15 is 0 Å². The Bertz CT molecular complexity index is 993. The molecular weight excluding hydrogens is 352 g/mol. The lowest BCUT2D eigenvalue weighted by atomic mass is 10.2. The minimum atomic E-state index is -0.389. The predicted molar refractivity (Wildman–Crippen MR) is 101 cm³/mol. The fraction of sp³-hybridized carbons (Fsp3) is 0.111. The number of aromatic nitrogens is 3. The van der Waals surface area contributed by atoms with Crippen molar-refractivity contribution in [3.8, 4) is 23.3 Å². The van der Waals surface area contributed by atoms with Crippen LogP contribution in [0.25, 0.3) is 17.2 Å². The van der Waals surface area contributed by atoms with Gasteiger partial charge in [-0.3, -0.25) is 14.3 Å². The molecule has 0 aliphatic carbocycles. The number of pyridine rings is 1. The second-order valence-corrected chi connectivity index (χ2v) is 6.66. The molecule has 3 aromatic rings. The van der Waals surface area contributed by atoms with Gasteiger partial charge in [0.2, 0.25) is 0 Å². The van der Waals surface area contributed by atoms with Crippen molar-refractivity contribution in [1.29, 1.82) is 5.26 Å². The molecular formula is C18H14N4OS2. The topological polar surface area (TPSA) is 71.6 Å². The van der Waals surface area contributed by atoms with Gasteiger partial charge in [-0.2, -0.15) is 5.26 Å². The van der Waals surface area contributed by atoms with Gasteiger partial charge in [0.25, 0.3) is 5.56 Å². The van der Waals surface area contributed by atoms with E-state index in [1.165, 1.54) is 16.3 Å². The Morgan fingerprint density at radius 2 is 1.84 bits per heavy atom. The van der Waals surface area contributed by atoms with Gasteiger partial charge in [0, 0.05) is 11.1 Å². The molecule has 25 heavy (non-hydrogen) atoms. The minimum absolute atomic E-state index is 0.0427. The number of nitriles is 1. The predicted octanol–water partition coefficient (Wildman–Crippen LogP) is 3.61. The lowest BCUT2D eigenvalue weighted by Crippen LogP contribution is -2.25. The third-order valence-electron chi connectivity index (χ3n) is 3.58. The zero-order valence-electron chi connectivity index (χ0n) is 13.6. The fourth-order valence-corrected chi connectivity index (χ4v) is 3.31. The Morgan fingerprint density at radius 1 is 1.08 bits per heavy atom. The summed E-state index contributed by atoms with van der Waals surface area (Å²) in [5, 5.41) is 9.82. The maximum atomic E-state index is 13.0. The van der Waals surface area contributed by atoms with E-state index in [1.54, 1.807) is 36.3 Å². The molecule has 0 radical (unpaired) electrons. The molecule has 0 spiro atoms. The fourth-order valence-electron chi connectivity index (χ4n) is 2.38. The Labute approximate surface area is 153 Å². The Kier molecular flexibility index (Phi) is 5.22. The monoisotopic (exact) mass is 366 g/mol. The van der Waals surface area contributed by atoms with Crippen LogP contribution in [0.5, 0.6) is 0 Å². The molecule has 0 saturated heterocycles. The molecule has 2 heterocycles. The number of nitrogens with zero attached hydrogens (tertiary/aromatic N) is 4. The first kappa shape index (κ1) is 17.3. The Hall–Kier alpha value is -2.56. The maximum absolute atomic E-state index is 13.0. The van der Waals surface area contributed by atoms with E-state index in [0.717, 1.165) is 4.90 Å². The molecule has 0 atom stereocenters. The Morgan fingerprint density at radius 3 is 2.40 bits per heavy atom. The summed E-state index contributed by atoms with van der Waals surface area (Å²) in [4.78, 5) is 22.9. The molecule has 7 heteroatoms. The lowest BCUT2D eigenvalue weighted by molar-refractivity contribution is 0.885. The highest BCUT2D eigenvalue weighted by molar-refractivity contribution is 7.98. The van der Waals surface area contributed by atoms with Crippen molar-refractivity contribution in [3.05, 3.63) is 64.6 Å². The van der Waals surface area contributed by atoms with Crippen molar-refractivity contribution < 1.29 is 0 Å². The van der Waals surface area contributed by atoms with Crippen LogP contribution in [0.3, 0.4) is 0 Å². The van der Waals surface area contributed by atoms with Crippen molar-refractivity contribution in [2.45, 2.75) is 9.92 Å². The summed E-state index contributed by atoms with van der Waals surface area (Å²) < 4.78 is 1.45. The van der Waals surface area contributed by atoms with Gasteiger partial charge in [0.15, 0.2) is 5.82 Å². The quantitative estimate of drug-likeness (QED) is 0.519. The van der Waals surface area contributed by atoms with Crippen LogP contribution in [0, 0.1) is 11.3 Å². The molecule has 0 bridgehead atoms. The Balaban J connectivity index is 2.35. The minimum Gasteiger partial charge on any atom is -0.267 e. The first-order chi connectivity index (χ1) is 12.2. The van der Waals surface area contributed by atoms with Crippen LogP contribution >= 0.6 is 23.5 Å². The zero-order chi connectivity index (χ0) is 17.8. The third-order valence-corrected chi connectivity index (χ3v) is 5.01. The highest BCUT2D eigenvalue weighted by atomic mass is 32.2. The molecule has 0 saturated carbocycles. The van der Waals surface area contributed by atoms with Gasteiger partial charge in [0.05, 0.1) is 5.69 Å². The van der Waals surface area contributed by atoms with Gasteiger partial charge < -0.3 is 0 Å². The molecule has 0 amide bonds. The molecule has 0 fully saturated rings. The van der Waals surface area contributed by atoms with E-state index in [-0.39, 0.29) is 11.1 Å². The summed E-state index contributed by atoms with van der Waals surface area (Å²) in [5.74, 6) is 0.422. The van der Waals surface area contributed by atoms with E-state index in [0.29, 0.717) is 22.2 Å². The van der Waals surface area contributed by atoms with E-state index in [1.807, 2.05) is 42.7 Å². The van der Waals surface area contributed by atoms with Gasteiger partial charge in [-0.25, -0.2) is 4.98 Å². The summed E-state index contributed by atoms with van der Waals surface area (Å²) in [6.07, 6.45) is 5.44.